The van der Waals surface area contributed by atoms with Crippen molar-refractivity contribution in [3.63, 3.8) is 0 Å². The molecular formula is C28H35NO3. The van der Waals surface area contributed by atoms with Gasteiger partial charge in [0.2, 0.25) is 0 Å². The van der Waals surface area contributed by atoms with Crippen LogP contribution >= 0.6 is 0 Å². The van der Waals surface area contributed by atoms with Crippen molar-refractivity contribution in [3.8, 4) is 5.75 Å². The summed E-state index contributed by atoms with van der Waals surface area (Å²) in [6.45, 7) is 5.51. The van der Waals surface area contributed by atoms with E-state index < -0.39 is 0 Å². The number of carbonyl (C=O) groups excluding carboxylic acids is 1. The normalized spacial score (nSPS) is 17.5. The van der Waals surface area contributed by atoms with Gasteiger partial charge in [0.1, 0.15) is 5.75 Å². The SMILES string of the molecule is COc1cccc(C2=CC(=Cc3cccc(C(=O)OCC(C)C)c3)CCC2CN(C)C)c1. The summed E-state index contributed by atoms with van der Waals surface area (Å²) in [5, 5.41) is 0. The highest BCUT2D eigenvalue weighted by Gasteiger charge is 2.22. The molecule has 0 radical (unpaired) electrons. The number of nitrogens with zero attached hydrogens (tertiary/aromatic N) is 1. The first-order valence-electron chi connectivity index (χ1n) is 11.3. The molecule has 1 aliphatic rings. The van der Waals surface area contributed by atoms with Crippen LogP contribution in [0.25, 0.3) is 11.6 Å². The van der Waals surface area contributed by atoms with E-state index in [0.29, 0.717) is 24.0 Å². The van der Waals surface area contributed by atoms with Crippen molar-refractivity contribution < 1.29 is 14.3 Å². The summed E-state index contributed by atoms with van der Waals surface area (Å²) in [6.07, 6.45) is 6.60. The smallest absolute Gasteiger partial charge is 0.338 e. The Balaban J connectivity index is 1.90. The third kappa shape index (κ3) is 6.57. The summed E-state index contributed by atoms with van der Waals surface area (Å²) in [5.41, 5.74) is 5.42. The molecule has 0 saturated carbocycles. The van der Waals surface area contributed by atoms with Gasteiger partial charge in [0.25, 0.3) is 0 Å². The Kier molecular flexibility index (Phi) is 8.29. The lowest BCUT2D eigenvalue weighted by atomic mass is 9.81. The van der Waals surface area contributed by atoms with Crippen LogP contribution < -0.4 is 4.74 Å². The first-order chi connectivity index (χ1) is 15.4. The standard InChI is InChI=1S/C28H35NO3/c1-20(2)19-32-28(30)24-10-6-8-21(15-24)14-22-12-13-25(18-29(3)4)27(16-22)23-9-7-11-26(17-23)31-5/h6-11,14-17,20,25H,12-13,18-19H2,1-5H3. The van der Waals surface area contributed by atoms with Crippen molar-refractivity contribution in [2.75, 3.05) is 34.4 Å². The molecule has 0 fully saturated rings. The van der Waals surface area contributed by atoms with Crippen LogP contribution in [-0.2, 0) is 4.74 Å². The minimum atomic E-state index is -0.263. The van der Waals surface area contributed by atoms with Crippen LogP contribution in [0.2, 0.25) is 0 Å². The van der Waals surface area contributed by atoms with Crippen LogP contribution in [-0.4, -0.2) is 45.2 Å². The largest absolute Gasteiger partial charge is 0.497 e. The number of allylic oxidation sites excluding steroid dienone is 2. The molecule has 1 atom stereocenters. The van der Waals surface area contributed by atoms with E-state index in [9.17, 15) is 4.79 Å². The lowest BCUT2D eigenvalue weighted by Crippen LogP contribution is -2.24. The maximum atomic E-state index is 12.4. The number of hydrogen-bond donors (Lipinski definition) is 0. The molecule has 0 spiro atoms. The fourth-order valence-corrected chi connectivity index (χ4v) is 4.05. The molecule has 170 valence electrons. The molecule has 3 rings (SSSR count). The molecule has 4 nitrogen and oxygen atoms in total. The van der Waals surface area contributed by atoms with Gasteiger partial charge in [-0.1, -0.05) is 50.3 Å². The summed E-state index contributed by atoms with van der Waals surface area (Å²) in [6, 6.07) is 16.0. The summed E-state index contributed by atoms with van der Waals surface area (Å²) >= 11 is 0. The summed E-state index contributed by atoms with van der Waals surface area (Å²) < 4.78 is 10.9. The Labute approximate surface area is 192 Å². The Morgan fingerprint density at radius 3 is 2.66 bits per heavy atom. The zero-order chi connectivity index (χ0) is 23.1. The van der Waals surface area contributed by atoms with Crippen LogP contribution in [0.3, 0.4) is 0 Å². The van der Waals surface area contributed by atoms with Gasteiger partial charge in [-0.05, 0) is 85.3 Å². The van der Waals surface area contributed by atoms with E-state index >= 15 is 0 Å². The van der Waals surface area contributed by atoms with E-state index in [1.54, 1.807) is 7.11 Å². The average Bonchev–Trinajstić information content (AvgIpc) is 2.78. The number of rotatable bonds is 8. The van der Waals surface area contributed by atoms with E-state index in [1.807, 2.05) is 50.2 Å². The Hall–Kier alpha value is -2.85. The first kappa shape index (κ1) is 23.8. The van der Waals surface area contributed by atoms with Gasteiger partial charge in [-0.2, -0.15) is 0 Å². The predicted molar refractivity (Wildman–Crippen MR) is 132 cm³/mol. The highest BCUT2D eigenvalue weighted by molar-refractivity contribution is 5.90. The number of carbonyl (C=O) groups is 1. The minimum Gasteiger partial charge on any atom is -0.497 e. The molecule has 2 aromatic carbocycles. The van der Waals surface area contributed by atoms with Crippen molar-refractivity contribution in [3.05, 3.63) is 76.9 Å². The molecule has 1 aliphatic carbocycles. The number of esters is 1. The average molecular weight is 434 g/mol. The maximum Gasteiger partial charge on any atom is 0.338 e. The molecule has 1 unspecified atom stereocenters. The second kappa shape index (κ2) is 11.1. The number of ether oxygens (including phenoxy) is 2. The van der Waals surface area contributed by atoms with Crippen LogP contribution in [0.15, 0.2) is 60.2 Å². The fraction of sp³-hybridized carbons (Fsp3) is 0.393. The molecule has 0 aromatic heterocycles. The lowest BCUT2D eigenvalue weighted by molar-refractivity contribution is 0.0459. The number of methoxy groups -OCH3 is 1. The van der Waals surface area contributed by atoms with E-state index in [1.165, 1.54) is 16.7 Å². The zero-order valence-electron chi connectivity index (χ0n) is 19.9. The minimum absolute atomic E-state index is 0.263. The molecule has 0 aliphatic heterocycles. The Morgan fingerprint density at radius 2 is 1.94 bits per heavy atom. The first-order valence-corrected chi connectivity index (χ1v) is 11.3. The second-order valence-electron chi connectivity index (χ2n) is 9.17. The van der Waals surface area contributed by atoms with Crippen molar-refractivity contribution >= 4 is 17.6 Å². The summed E-state index contributed by atoms with van der Waals surface area (Å²) in [4.78, 5) is 14.6. The Morgan fingerprint density at radius 1 is 1.16 bits per heavy atom. The van der Waals surface area contributed by atoms with Gasteiger partial charge >= 0.3 is 5.97 Å². The van der Waals surface area contributed by atoms with E-state index in [4.69, 9.17) is 9.47 Å². The molecule has 4 heteroatoms. The highest BCUT2D eigenvalue weighted by Crippen LogP contribution is 2.37. The third-order valence-corrected chi connectivity index (χ3v) is 5.57. The quantitative estimate of drug-likeness (QED) is 0.483. The molecule has 0 N–H and O–H groups in total. The highest BCUT2D eigenvalue weighted by atomic mass is 16.5. The number of hydrogen-bond acceptors (Lipinski definition) is 4. The van der Waals surface area contributed by atoms with Crippen LogP contribution in [0, 0.1) is 11.8 Å². The van der Waals surface area contributed by atoms with Crippen molar-refractivity contribution in [2.24, 2.45) is 11.8 Å². The van der Waals surface area contributed by atoms with E-state index in [-0.39, 0.29) is 5.97 Å². The second-order valence-corrected chi connectivity index (χ2v) is 9.17. The van der Waals surface area contributed by atoms with Gasteiger partial charge in [0.15, 0.2) is 0 Å². The zero-order valence-corrected chi connectivity index (χ0v) is 19.9. The monoisotopic (exact) mass is 433 g/mol. The van der Waals surface area contributed by atoms with Crippen LogP contribution in [0.1, 0.15) is 48.2 Å². The van der Waals surface area contributed by atoms with Crippen molar-refractivity contribution in [1.29, 1.82) is 0 Å². The summed E-state index contributed by atoms with van der Waals surface area (Å²) in [5.74, 6) is 1.39. The number of benzene rings is 2. The topological polar surface area (TPSA) is 38.8 Å². The van der Waals surface area contributed by atoms with Gasteiger partial charge in [0, 0.05) is 6.54 Å². The lowest BCUT2D eigenvalue weighted by Gasteiger charge is -2.29. The van der Waals surface area contributed by atoms with Crippen molar-refractivity contribution in [2.45, 2.75) is 26.7 Å². The molecule has 2 aromatic rings. The van der Waals surface area contributed by atoms with Crippen LogP contribution in [0.5, 0.6) is 5.75 Å². The van der Waals surface area contributed by atoms with Gasteiger partial charge < -0.3 is 14.4 Å². The fourth-order valence-electron chi connectivity index (χ4n) is 4.05. The molecule has 32 heavy (non-hydrogen) atoms. The van der Waals surface area contributed by atoms with Gasteiger partial charge in [-0.25, -0.2) is 4.79 Å². The van der Waals surface area contributed by atoms with Gasteiger partial charge in [0.05, 0.1) is 19.3 Å². The molecule has 0 heterocycles. The Bertz CT molecular complexity index is 988. The van der Waals surface area contributed by atoms with Crippen molar-refractivity contribution in [1.82, 2.24) is 4.90 Å². The van der Waals surface area contributed by atoms with E-state index in [2.05, 4.69) is 43.3 Å². The van der Waals surface area contributed by atoms with Gasteiger partial charge in [-0.15, -0.1) is 0 Å². The maximum absolute atomic E-state index is 12.4. The van der Waals surface area contributed by atoms with E-state index in [0.717, 1.165) is 30.7 Å². The molecule has 0 amide bonds. The third-order valence-electron chi connectivity index (χ3n) is 5.57. The molecule has 0 saturated heterocycles. The summed E-state index contributed by atoms with van der Waals surface area (Å²) in [7, 11) is 5.95. The van der Waals surface area contributed by atoms with Crippen LogP contribution in [0.4, 0.5) is 0 Å². The molecule has 0 bridgehead atoms. The van der Waals surface area contributed by atoms with Gasteiger partial charge in [-0.3, -0.25) is 0 Å². The predicted octanol–water partition coefficient (Wildman–Crippen LogP) is 5.95. The molecular weight excluding hydrogens is 398 g/mol.